The molecule has 2 N–H and O–H groups in total. The van der Waals surface area contributed by atoms with E-state index < -0.39 is 0 Å². The van der Waals surface area contributed by atoms with E-state index in [2.05, 4.69) is 34.4 Å². The molecule has 1 aliphatic heterocycles. The number of aliphatic imine (C=N–C) groups is 1. The minimum atomic E-state index is -0.299. The number of hydrogen-bond acceptors (Lipinski definition) is 6. The number of aromatic nitrogens is 1. The van der Waals surface area contributed by atoms with E-state index in [0.29, 0.717) is 23.1 Å². The minimum Gasteiger partial charge on any atom is -0.462 e. The van der Waals surface area contributed by atoms with Crippen LogP contribution < -0.4 is 10.6 Å². The van der Waals surface area contributed by atoms with E-state index in [-0.39, 0.29) is 12.0 Å². The highest BCUT2D eigenvalue weighted by atomic mass is 32.1. The van der Waals surface area contributed by atoms with Gasteiger partial charge in [0, 0.05) is 19.6 Å². The van der Waals surface area contributed by atoms with E-state index in [4.69, 9.17) is 9.73 Å². The summed E-state index contributed by atoms with van der Waals surface area (Å²) in [6.07, 6.45) is 2.64. The second-order valence-corrected chi connectivity index (χ2v) is 8.42. The number of carbonyl (C=O) groups is 1. The molecule has 1 fully saturated rings. The van der Waals surface area contributed by atoms with Crippen molar-refractivity contribution >= 4 is 23.3 Å². The van der Waals surface area contributed by atoms with Gasteiger partial charge in [0.25, 0.3) is 0 Å². The van der Waals surface area contributed by atoms with E-state index in [9.17, 15) is 4.79 Å². The van der Waals surface area contributed by atoms with Crippen LogP contribution >= 0.6 is 11.3 Å². The predicted molar refractivity (Wildman–Crippen MR) is 115 cm³/mol. The Kier molecular flexibility index (Phi) is 9.18. The second-order valence-electron chi connectivity index (χ2n) is 7.39. The van der Waals surface area contributed by atoms with E-state index in [1.807, 2.05) is 20.8 Å². The fraction of sp³-hybridized carbons (Fsp3) is 0.750. The molecule has 2 rings (SSSR count). The number of carbonyl (C=O) groups excluding carboxylic acids is 1. The van der Waals surface area contributed by atoms with Crippen LogP contribution in [0.3, 0.4) is 0 Å². The van der Waals surface area contributed by atoms with Crippen molar-refractivity contribution in [2.45, 2.75) is 53.5 Å². The molecule has 28 heavy (non-hydrogen) atoms. The van der Waals surface area contributed by atoms with Crippen LogP contribution in [0, 0.1) is 12.8 Å². The molecule has 1 aromatic heterocycles. The topological polar surface area (TPSA) is 78.9 Å². The number of esters is 1. The zero-order valence-corrected chi connectivity index (χ0v) is 18.7. The zero-order chi connectivity index (χ0) is 20.5. The van der Waals surface area contributed by atoms with Crippen molar-refractivity contribution in [3.05, 3.63) is 15.6 Å². The van der Waals surface area contributed by atoms with Crippen LogP contribution in [0.4, 0.5) is 0 Å². The molecule has 0 saturated carbocycles. The first-order valence-corrected chi connectivity index (χ1v) is 11.2. The largest absolute Gasteiger partial charge is 0.462 e. The highest BCUT2D eigenvalue weighted by Gasteiger charge is 2.20. The number of likely N-dealkylation sites (tertiary alicyclic amines) is 1. The Morgan fingerprint density at radius 3 is 2.68 bits per heavy atom. The van der Waals surface area contributed by atoms with Gasteiger partial charge in [-0.25, -0.2) is 9.78 Å². The Balaban J connectivity index is 1.96. The van der Waals surface area contributed by atoms with Crippen molar-refractivity contribution < 1.29 is 9.53 Å². The van der Waals surface area contributed by atoms with Crippen molar-refractivity contribution in [3.63, 3.8) is 0 Å². The molecule has 8 heteroatoms. The molecule has 1 saturated heterocycles. The molecule has 158 valence electrons. The zero-order valence-electron chi connectivity index (χ0n) is 17.9. The number of ether oxygens (including phenoxy) is 1. The Morgan fingerprint density at radius 1 is 1.32 bits per heavy atom. The lowest BCUT2D eigenvalue weighted by Gasteiger charge is -2.20. The van der Waals surface area contributed by atoms with Crippen LogP contribution in [0.15, 0.2) is 4.99 Å². The van der Waals surface area contributed by atoms with Crippen LogP contribution in [0.25, 0.3) is 0 Å². The van der Waals surface area contributed by atoms with Crippen molar-refractivity contribution in [1.82, 2.24) is 20.5 Å². The average molecular weight is 410 g/mol. The first kappa shape index (κ1) is 22.6. The van der Waals surface area contributed by atoms with Crippen LogP contribution in [-0.2, 0) is 4.74 Å². The summed E-state index contributed by atoms with van der Waals surface area (Å²) in [4.78, 5) is 24.5. The summed E-state index contributed by atoms with van der Waals surface area (Å²) in [5.41, 5.74) is 0.716. The van der Waals surface area contributed by atoms with E-state index in [0.717, 1.165) is 30.6 Å². The Labute approximate surface area is 173 Å². The maximum absolute atomic E-state index is 12.0. The molecule has 0 aliphatic carbocycles. The number of nitrogens with zero attached hydrogens (tertiary/aromatic N) is 3. The maximum atomic E-state index is 12.0. The number of guanidine groups is 1. The SMILES string of the molecule is CCNC(=NCC(C)CN1CCCC1)NC(C)c1nc(C)c(C(=O)OCC)s1. The van der Waals surface area contributed by atoms with Gasteiger partial charge in [0.05, 0.1) is 18.3 Å². The molecule has 0 bridgehead atoms. The molecule has 1 aromatic rings. The number of hydrogen-bond donors (Lipinski definition) is 2. The summed E-state index contributed by atoms with van der Waals surface area (Å²) in [6, 6.07) is -0.0430. The van der Waals surface area contributed by atoms with Gasteiger partial charge in [-0.15, -0.1) is 11.3 Å². The van der Waals surface area contributed by atoms with Gasteiger partial charge in [-0.05, 0) is 59.5 Å². The summed E-state index contributed by atoms with van der Waals surface area (Å²) < 4.78 is 5.11. The van der Waals surface area contributed by atoms with Gasteiger partial charge in [-0.2, -0.15) is 0 Å². The normalized spacial score (nSPS) is 17.4. The number of rotatable bonds is 9. The van der Waals surface area contributed by atoms with Crippen molar-refractivity contribution in [2.24, 2.45) is 10.9 Å². The quantitative estimate of drug-likeness (QED) is 0.371. The van der Waals surface area contributed by atoms with Crippen molar-refractivity contribution in [2.75, 3.05) is 39.3 Å². The average Bonchev–Trinajstić information content (AvgIpc) is 3.29. The van der Waals surface area contributed by atoms with E-state index in [1.165, 1.54) is 37.3 Å². The minimum absolute atomic E-state index is 0.0430. The molecule has 2 unspecified atom stereocenters. The monoisotopic (exact) mass is 409 g/mol. The van der Waals surface area contributed by atoms with Crippen LogP contribution in [-0.4, -0.2) is 61.1 Å². The molecular weight excluding hydrogens is 374 g/mol. The third kappa shape index (κ3) is 6.74. The van der Waals surface area contributed by atoms with E-state index >= 15 is 0 Å². The smallest absolute Gasteiger partial charge is 0.350 e. The molecule has 0 spiro atoms. The molecule has 0 amide bonds. The van der Waals surface area contributed by atoms with Gasteiger partial charge in [0.1, 0.15) is 9.88 Å². The lowest BCUT2D eigenvalue weighted by Crippen LogP contribution is -2.39. The standard InChI is InChI=1S/C20H35N5O2S/c1-6-21-20(22-12-14(3)13-25-10-8-9-11-25)24-16(5)18-23-15(4)17(28-18)19(26)27-7-2/h14,16H,6-13H2,1-5H3,(H2,21,22,24). The molecule has 0 radical (unpaired) electrons. The Bertz CT molecular complexity index is 655. The Morgan fingerprint density at radius 2 is 2.04 bits per heavy atom. The molecule has 2 atom stereocenters. The predicted octanol–water partition coefficient (Wildman–Crippen LogP) is 2.98. The highest BCUT2D eigenvalue weighted by molar-refractivity contribution is 7.13. The number of nitrogens with one attached hydrogen (secondary N) is 2. The Hall–Kier alpha value is -1.67. The second kappa shape index (κ2) is 11.4. The van der Waals surface area contributed by atoms with Crippen LogP contribution in [0.2, 0.25) is 0 Å². The molecule has 1 aliphatic rings. The summed E-state index contributed by atoms with van der Waals surface area (Å²) in [6.45, 7) is 15.5. The third-order valence-corrected chi connectivity index (χ3v) is 5.99. The van der Waals surface area contributed by atoms with Gasteiger partial charge in [-0.1, -0.05) is 6.92 Å². The van der Waals surface area contributed by atoms with Gasteiger partial charge in [0.2, 0.25) is 0 Å². The lowest BCUT2D eigenvalue weighted by molar-refractivity contribution is 0.0531. The first-order chi connectivity index (χ1) is 13.4. The molecule has 7 nitrogen and oxygen atoms in total. The third-order valence-electron chi connectivity index (χ3n) is 4.67. The van der Waals surface area contributed by atoms with Gasteiger partial charge in [0.15, 0.2) is 5.96 Å². The molecular formula is C20H35N5O2S. The van der Waals surface area contributed by atoms with E-state index in [1.54, 1.807) is 0 Å². The fourth-order valence-electron chi connectivity index (χ4n) is 3.29. The van der Waals surface area contributed by atoms with Gasteiger partial charge < -0.3 is 20.3 Å². The van der Waals surface area contributed by atoms with Crippen molar-refractivity contribution in [1.29, 1.82) is 0 Å². The fourth-order valence-corrected chi connectivity index (χ4v) is 4.25. The van der Waals surface area contributed by atoms with Gasteiger partial charge in [-0.3, -0.25) is 4.99 Å². The van der Waals surface area contributed by atoms with Crippen LogP contribution in [0.5, 0.6) is 0 Å². The number of thiazole rings is 1. The summed E-state index contributed by atoms with van der Waals surface area (Å²) in [5, 5.41) is 7.58. The summed E-state index contributed by atoms with van der Waals surface area (Å²) in [7, 11) is 0. The van der Waals surface area contributed by atoms with Gasteiger partial charge >= 0.3 is 5.97 Å². The van der Waals surface area contributed by atoms with Crippen molar-refractivity contribution in [3.8, 4) is 0 Å². The lowest BCUT2D eigenvalue weighted by atomic mass is 10.2. The highest BCUT2D eigenvalue weighted by Crippen LogP contribution is 2.24. The molecule has 2 heterocycles. The first-order valence-electron chi connectivity index (χ1n) is 10.4. The summed E-state index contributed by atoms with van der Waals surface area (Å²) in [5.74, 6) is 1.00. The maximum Gasteiger partial charge on any atom is 0.350 e. The summed E-state index contributed by atoms with van der Waals surface area (Å²) >= 11 is 1.38. The van der Waals surface area contributed by atoms with Crippen LogP contribution in [0.1, 0.15) is 67.0 Å². The molecule has 0 aromatic carbocycles. The number of aryl methyl sites for hydroxylation is 1.